The summed E-state index contributed by atoms with van der Waals surface area (Å²) < 4.78 is 24.6. The topological polar surface area (TPSA) is 88.4 Å². The second kappa shape index (κ2) is 10.9. The van der Waals surface area contributed by atoms with Gasteiger partial charge < -0.3 is 18.9 Å². The van der Waals surface area contributed by atoms with Crippen molar-refractivity contribution in [1.29, 1.82) is 0 Å². The second-order valence-electron chi connectivity index (χ2n) is 9.23. The molecule has 0 aliphatic carbocycles. The molecule has 0 unspecified atom stereocenters. The first-order chi connectivity index (χ1) is 19.5. The molecule has 2 aliphatic heterocycles. The van der Waals surface area contributed by atoms with Gasteiger partial charge in [0.1, 0.15) is 12.4 Å². The van der Waals surface area contributed by atoms with E-state index >= 15 is 0 Å². The molecule has 9 heteroatoms. The number of benzene rings is 3. The van der Waals surface area contributed by atoms with Crippen LogP contribution in [0.3, 0.4) is 0 Å². The Labute approximate surface area is 234 Å². The minimum Gasteiger partial charge on any atom is -0.488 e. The van der Waals surface area contributed by atoms with Crippen molar-refractivity contribution in [2.75, 3.05) is 13.4 Å². The maximum Gasteiger partial charge on any atom is 0.338 e. The van der Waals surface area contributed by atoms with Crippen molar-refractivity contribution in [2.45, 2.75) is 26.5 Å². The van der Waals surface area contributed by atoms with E-state index in [9.17, 15) is 9.59 Å². The van der Waals surface area contributed by atoms with Gasteiger partial charge in [-0.15, -0.1) is 0 Å². The van der Waals surface area contributed by atoms with Crippen molar-refractivity contribution in [3.63, 3.8) is 0 Å². The highest BCUT2D eigenvalue weighted by Crippen LogP contribution is 2.38. The quantitative estimate of drug-likeness (QED) is 0.320. The molecule has 0 radical (unpaired) electrons. The first-order valence-corrected chi connectivity index (χ1v) is 13.7. The van der Waals surface area contributed by atoms with Crippen LogP contribution in [0.5, 0.6) is 17.2 Å². The van der Waals surface area contributed by atoms with Crippen LogP contribution in [0, 0.1) is 0 Å². The van der Waals surface area contributed by atoms with E-state index < -0.39 is 12.0 Å². The van der Waals surface area contributed by atoms with Crippen LogP contribution in [0.4, 0.5) is 0 Å². The molecule has 0 fully saturated rings. The summed E-state index contributed by atoms with van der Waals surface area (Å²) in [6.45, 7) is 4.23. The van der Waals surface area contributed by atoms with E-state index in [0.717, 1.165) is 11.1 Å². The van der Waals surface area contributed by atoms with E-state index in [1.54, 1.807) is 30.5 Å². The predicted molar refractivity (Wildman–Crippen MR) is 150 cm³/mol. The molecular weight excluding hydrogens is 528 g/mol. The van der Waals surface area contributed by atoms with Crippen molar-refractivity contribution in [2.24, 2.45) is 4.99 Å². The summed E-state index contributed by atoms with van der Waals surface area (Å²) in [4.78, 5) is 32.3. The van der Waals surface area contributed by atoms with Crippen LogP contribution in [0.15, 0.2) is 93.9 Å². The number of ether oxygens (including phenoxy) is 4. The molecule has 3 heterocycles. The zero-order chi connectivity index (χ0) is 27.6. The average molecular weight is 555 g/mol. The molecule has 0 amide bonds. The number of hydrogen-bond acceptors (Lipinski definition) is 8. The fourth-order valence-corrected chi connectivity index (χ4v) is 5.84. The van der Waals surface area contributed by atoms with Gasteiger partial charge in [-0.1, -0.05) is 65.9 Å². The number of nitrogens with zero attached hydrogens (tertiary/aromatic N) is 2. The van der Waals surface area contributed by atoms with Crippen LogP contribution >= 0.6 is 11.3 Å². The SMILES string of the molecule is CCOC(=O)C1=C(C)N=c2s/c(=C\c3ccccc3OCc3ccccc3)c(=O)n2[C@H]1c1ccc2c(c1)OCO2. The molecular formula is C31H26N2O6S. The number of fused-ring (bicyclic) bond motifs is 2. The van der Waals surface area contributed by atoms with Crippen LogP contribution in [-0.2, 0) is 16.1 Å². The van der Waals surface area contributed by atoms with Crippen LogP contribution in [0.25, 0.3) is 6.08 Å². The Morgan fingerprint density at radius 1 is 1.07 bits per heavy atom. The van der Waals surface area contributed by atoms with Crippen molar-refractivity contribution in [1.82, 2.24) is 4.57 Å². The molecule has 0 spiro atoms. The van der Waals surface area contributed by atoms with Crippen LogP contribution in [-0.4, -0.2) is 23.9 Å². The Morgan fingerprint density at radius 2 is 1.85 bits per heavy atom. The lowest BCUT2D eigenvalue weighted by atomic mass is 9.95. The summed E-state index contributed by atoms with van der Waals surface area (Å²) in [5.41, 5.74) is 3.05. The Morgan fingerprint density at radius 3 is 2.67 bits per heavy atom. The van der Waals surface area contributed by atoms with Gasteiger partial charge >= 0.3 is 5.97 Å². The summed E-state index contributed by atoms with van der Waals surface area (Å²) >= 11 is 1.27. The summed E-state index contributed by atoms with van der Waals surface area (Å²) in [5, 5.41) is 0. The number of allylic oxidation sites excluding steroid dienone is 1. The van der Waals surface area contributed by atoms with Gasteiger partial charge in [0.2, 0.25) is 6.79 Å². The summed E-state index contributed by atoms with van der Waals surface area (Å²) in [6.07, 6.45) is 1.81. The van der Waals surface area contributed by atoms with Crippen LogP contribution in [0.1, 0.15) is 36.6 Å². The molecule has 0 saturated heterocycles. The Balaban J connectivity index is 1.45. The van der Waals surface area contributed by atoms with E-state index in [0.29, 0.717) is 50.0 Å². The zero-order valence-corrected chi connectivity index (χ0v) is 22.8. The lowest BCUT2D eigenvalue weighted by molar-refractivity contribution is -0.139. The van der Waals surface area contributed by atoms with Gasteiger partial charge in [0, 0.05) is 5.56 Å². The Hall–Kier alpha value is -4.63. The number of carbonyl (C=O) groups excluding carboxylic acids is 1. The second-order valence-corrected chi connectivity index (χ2v) is 10.2. The predicted octanol–water partition coefficient (Wildman–Crippen LogP) is 4.11. The average Bonchev–Trinajstić information content (AvgIpc) is 3.56. The number of carbonyl (C=O) groups is 1. The highest BCUT2D eigenvalue weighted by Gasteiger charge is 2.34. The zero-order valence-electron chi connectivity index (χ0n) is 22.0. The maximum absolute atomic E-state index is 14.0. The van der Waals surface area contributed by atoms with Gasteiger partial charge in [0.25, 0.3) is 5.56 Å². The molecule has 202 valence electrons. The highest BCUT2D eigenvalue weighted by atomic mass is 32.1. The number of rotatable bonds is 7. The summed E-state index contributed by atoms with van der Waals surface area (Å²) in [7, 11) is 0. The Bertz CT molecular complexity index is 1810. The van der Waals surface area contributed by atoms with Gasteiger partial charge in [0.05, 0.1) is 28.5 Å². The van der Waals surface area contributed by atoms with Gasteiger partial charge in [-0.2, -0.15) is 0 Å². The first kappa shape index (κ1) is 25.6. The molecule has 0 bridgehead atoms. The van der Waals surface area contributed by atoms with Gasteiger partial charge in [0.15, 0.2) is 16.3 Å². The van der Waals surface area contributed by atoms with Crippen molar-refractivity contribution >= 4 is 23.4 Å². The molecule has 1 aromatic heterocycles. The lowest BCUT2D eigenvalue weighted by Crippen LogP contribution is -2.39. The maximum atomic E-state index is 14.0. The number of thiazole rings is 1. The number of esters is 1. The fourth-order valence-electron chi connectivity index (χ4n) is 4.80. The molecule has 4 aromatic rings. The van der Waals surface area contributed by atoms with E-state index in [4.69, 9.17) is 18.9 Å². The van der Waals surface area contributed by atoms with E-state index in [1.165, 1.54) is 11.3 Å². The first-order valence-electron chi connectivity index (χ1n) is 12.9. The van der Waals surface area contributed by atoms with Gasteiger partial charge in [-0.3, -0.25) is 9.36 Å². The molecule has 0 saturated carbocycles. The number of hydrogen-bond donors (Lipinski definition) is 0. The monoisotopic (exact) mass is 554 g/mol. The minimum absolute atomic E-state index is 0.118. The van der Waals surface area contributed by atoms with Crippen molar-refractivity contribution in [3.8, 4) is 17.2 Å². The van der Waals surface area contributed by atoms with E-state index in [1.807, 2.05) is 66.7 Å². The van der Waals surface area contributed by atoms with Crippen molar-refractivity contribution < 1.29 is 23.7 Å². The molecule has 1 atom stereocenters. The normalized spacial score (nSPS) is 15.9. The smallest absolute Gasteiger partial charge is 0.338 e. The van der Waals surface area contributed by atoms with E-state index in [-0.39, 0.29) is 19.0 Å². The third kappa shape index (κ3) is 4.80. The molecule has 0 N–H and O–H groups in total. The van der Waals surface area contributed by atoms with Gasteiger partial charge in [-0.05, 0) is 49.2 Å². The third-order valence-electron chi connectivity index (χ3n) is 6.67. The van der Waals surface area contributed by atoms with Gasteiger partial charge in [-0.25, -0.2) is 9.79 Å². The third-order valence-corrected chi connectivity index (χ3v) is 7.66. The lowest BCUT2D eigenvalue weighted by Gasteiger charge is -2.24. The molecule has 6 rings (SSSR count). The fraction of sp³-hybridized carbons (Fsp3) is 0.194. The van der Waals surface area contributed by atoms with Crippen LogP contribution in [0.2, 0.25) is 0 Å². The molecule has 8 nitrogen and oxygen atoms in total. The largest absolute Gasteiger partial charge is 0.488 e. The van der Waals surface area contributed by atoms with E-state index in [2.05, 4.69) is 4.99 Å². The number of aromatic nitrogens is 1. The summed E-state index contributed by atoms with van der Waals surface area (Å²) in [5.74, 6) is 1.32. The molecule has 40 heavy (non-hydrogen) atoms. The highest BCUT2D eigenvalue weighted by molar-refractivity contribution is 7.07. The minimum atomic E-state index is -0.739. The molecule has 3 aromatic carbocycles. The summed E-state index contributed by atoms with van der Waals surface area (Å²) in [6, 6.07) is 22.2. The standard InChI is InChI=1S/C31H26N2O6S/c1-3-36-30(35)27-19(2)32-31-33(28(27)22-13-14-24-25(15-22)39-18-38-24)29(34)26(40-31)16-21-11-7-8-12-23(21)37-17-20-9-5-4-6-10-20/h4-16,28H,3,17-18H2,1-2H3/b26-16-/t28-/m0/s1. The van der Waals surface area contributed by atoms with Crippen molar-refractivity contribution in [3.05, 3.63) is 120 Å². The molecule has 2 aliphatic rings. The van der Waals surface area contributed by atoms with Crippen LogP contribution < -0.4 is 29.1 Å². The Kier molecular flexibility index (Phi) is 6.96. The number of para-hydroxylation sites is 1.